The van der Waals surface area contributed by atoms with E-state index in [0.717, 1.165) is 42.5 Å². The summed E-state index contributed by atoms with van der Waals surface area (Å²) < 4.78 is 2.19. The minimum Gasteiger partial charge on any atom is -0.312 e. The minimum absolute atomic E-state index is 0.848. The summed E-state index contributed by atoms with van der Waals surface area (Å²) in [4.78, 5) is 9.04. The second kappa shape index (κ2) is 4.45. The van der Waals surface area contributed by atoms with Crippen LogP contribution >= 0.6 is 0 Å². The van der Waals surface area contributed by atoms with Gasteiger partial charge in [-0.25, -0.2) is 9.97 Å². The van der Waals surface area contributed by atoms with Crippen LogP contribution in [0.1, 0.15) is 25.6 Å². The van der Waals surface area contributed by atoms with Crippen molar-refractivity contribution in [3.8, 4) is 0 Å². The molecule has 17 heavy (non-hydrogen) atoms. The lowest BCUT2D eigenvalue weighted by Crippen LogP contribution is -2.19. The first-order valence-corrected chi connectivity index (χ1v) is 6.39. The predicted octanol–water partition coefficient (Wildman–Crippen LogP) is 1.95. The van der Waals surface area contributed by atoms with Gasteiger partial charge in [0.05, 0.1) is 6.54 Å². The van der Waals surface area contributed by atoms with Gasteiger partial charge < -0.3 is 9.88 Å². The number of nitrogens with one attached hydrogen (secondary N) is 1. The number of hydrogen-bond donors (Lipinski definition) is 1. The third kappa shape index (κ3) is 2.17. The quantitative estimate of drug-likeness (QED) is 0.853. The van der Waals surface area contributed by atoms with Gasteiger partial charge in [0.1, 0.15) is 11.3 Å². The lowest BCUT2D eigenvalue weighted by molar-refractivity contribution is 0.592. The third-order valence-electron chi connectivity index (χ3n) is 3.31. The molecule has 4 heteroatoms. The molecule has 0 saturated heterocycles. The summed E-state index contributed by atoms with van der Waals surface area (Å²) in [5.41, 5.74) is 2.00. The molecule has 0 aliphatic heterocycles. The molecule has 0 atom stereocenters. The summed E-state index contributed by atoms with van der Waals surface area (Å²) in [6, 6.07) is 3.97. The predicted molar refractivity (Wildman–Crippen MR) is 67.6 cm³/mol. The van der Waals surface area contributed by atoms with E-state index in [1.54, 1.807) is 0 Å². The number of aryl methyl sites for hydroxylation is 1. The minimum atomic E-state index is 0.848. The highest BCUT2D eigenvalue weighted by Gasteiger charge is 2.20. The maximum atomic E-state index is 4.64. The van der Waals surface area contributed by atoms with Crippen molar-refractivity contribution in [2.24, 2.45) is 5.92 Å². The van der Waals surface area contributed by atoms with E-state index in [1.165, 1.54) is 12.8 Å². The fraction of sp³-hybridized carbons (Fsp3) is 0.538. The molecule has 1 aliphatic rings. The third-order valence-corrected chi connectivity index (χ3v) is 3.31. The summed E-state index contributed by atoms with van der Waals surface area (Å²) in [7, 11) is 0. The Kier molecular flexibility index (Phi) is 2.81. The van der Waals surface area contributed by atoms with Gasteiger partial charge in [-0.3, -0.25) is 0 Å². The van der Waals surface area contributed by atoms with E-state index in [4.69, 9.17) is 0 Å². The highest BCUT2D eigenvalue weighted by molar-refractivity contribution is 5.71. The molecule has 90 valence electrons. The average molecular weight is 230 g/mol. The van der Waals surface area contributed by atoms with Gasteiger partial charge in [0.2, 0.25) is 0 Å². The summed E-state index contributed by atoms with van der Waals surface area (Å²) in [5.74, 6) is 2.01. The molecule has 4 nitrogen and oxygen atoms in total. The zero-order valence-electron chi connectivity index (χ0n) is 10.2. The van der Waals surface area contributed by atoms with Crippen molar-refractivity contribution >= 4 is 11.2 Å². The zero-order chi connectivity index (χ0) is 11.7. The first kappa shape index (κ1) is 10.7. The molecule has 0 radical (unpaired) electrons. The Labute approximate surface area is 101 Å². The largest absolute Gasteiger partial charge is 0.312 e. The van der Waals surface area contributed by atoms with Gasteiger partial charge in [-0.05, 0) is 44.4 Å². The summed E-state index contributed by atoms with van der Waals surface area (Å²) >= 11 is 0. The molecule has 1 fully saturated rings. The van der Waals surface area contributed by atoms with E-state index < -0.39 is 0 Å². The molecule has 0 aromatic carbocycles. The van der Waals surface area contributed by atoms with Crippen LogP contribution in [-0.2, 0) is 13.1 Å². The van der Waals surface area contributed by atoms with Crippen LogP contribution in [-0.4, -0.2) is 21.1 Å². The van der Waals surface area contributed by atoms with Crippen molar-refractivity contribution in [1.82, 2.24) is 19.9 Å². The average Bonchev–Trinajstić information content (AvgIpc) is 3.09. The summed E-state index contributed by atoms with van der Waals surface area (Å²) in [5, 5.41) is 3.49. The monoisotopic (exact) mass is 230 g/mol. The van der Waals surface area contributed by atoms with Crippen molar-refractivity contribution in [2.75, 3.05) is 6.54 Å². The molecular formula is C13H18N4. The Morgan fingerprint density at radius 1 is 1.47 bits per heavy atom. The molecule has 0 spiro atoms. The Balaban J connectivity index is 1.81. The van der Waals surface area contributed by atoms with Gasteiger partial charge in [-0.15, -0.1) is 0 Å². The van der Waals surface area contributed by atoms with E-state index in [1.807, 2.05) is 18.3 Å². The molecule has 0 amide bonds. The zero-order valence-corrected chi connectivity index (χ0v) is 10.2. The number of rotatable bonds is 5. The molecule has 2 heterocycles. The molecule has 2 aromatic heterocycles. The summed E-state index contributed by atoms with van der Waals surface area (Å²) in [6.45, 7) is 5.04. The first-order chi connectivity index (χ1) is 8.38. The van der Waals surface area contributed by atoms with Crippen LogP contribution in [0, 0.1) is 5.92 Å². The first-order valence-electron chi connectivity index (χ1n) is 6.39. The SMILES string of the molecule is CCn1c(CNCC2CC2)nc2cccnc21. The maximum absolute atomic E-state index is 4.64. The van der Waals surface area contributed by atoms with Crippen LogP contribution < -0.4 is 5.32 Å². The number of fused-ring (bicyclic) bond motifs is 1. The lowest BCUT2D eigenvalue weighted by Gasteiger charge is -2.06. The normalized spacial score (nSPS) is 15.6. The van der Waals surface area contributed by atoms with Gasteiger partial charge in [0, 0.05) is 12.7 Å². The van der Waals surface area contributed by atoms with Crippen LogP contribution in [0.25, 0.3) is 11.2 Å². The van der Waals surface area contributed by atoms with Crippen LogP contribution in [0.3, 0.4) is 0 Å². The van der Waals surface area contributed by atoms with Gasteiger partial charge in [-0.2, -0.15) is 0 Å². The van der Waals surface area contributed by atoms with E-state index in [0.29, 0.717) is 0 Å². The topological polar surface area (TPSA) is 42.7 Å². The highest BCUT2D eigenvalue weighted by atomic mass is 15.1. The number of pyridine rings is 1. The van der Waals surface area contributed by atoms with Crippen LogP contribution in [0.5, 0.6) is 0 Å². The molecule has 0 unspecified atom stereocenters. The lowest BCUT2D eigenvalue weighted by atomic mass is 10.4. The van der Waals surface area contributed by atoms with Crippen LogP contribution in [0.15, 0.2) is 18.3 Å². The van der Waals surface area contributed by atoms with Crippen molar-refractivity contribution in [3.63, 3.8) is 0 Å². The number of nitrogens with zero attached hydrogens (tertiary/aromatic N) is 3. The second-order valence-electron chi connectivity index (χ2n) is 4.69. The maximum Gasteiger partial charge on any atom is 0.160 e. The number of hydrogen-bond acceptors (Lipinski definition) is 3. The van der Waals surface area contributed by atoms with Crippen LogP contribution in [0.2, 0.25) is 0 Å². The van der Waals surface area contributed by atoms with Crippen molar-refractivity contribution < 1.29 is 0 Å². The second-order valence-corrected chi connectivity index (χ2v) is 4.69. The fourth-order valence-electron chi connectivity index (χ4n) is 2.18. The van der Waals surface area contributed by atoms with Gasteiger partial charge in [0.25, 0.3) is 0 Å². The molecule has 1 aliphatic carbocycles. The molecule has 1 saturated carbocycles. The van der Waals surface area contributed by atoms with Crippen molar-refractivity contribution in [2.45, 2.75) is 32.9 Å². The number of aromatic nitrogens is 3. The molecular weight excluding hydrogens is 212 g/mol. The Bertz CT molecular complexity index is 513. The fourth-order valence-corrected chi connectivity index (χ4v) is 2.18. The Hall–Kier alpha value is -1.42. The number of imidazole rings is 1. The van der Waals surface area contributed by atoms with E-state index in [2.05, 4.69) is 26.8 Å². The van der Waals surface area contributed by atoms with Gasteiger partial charge in [0.15, 0.2) is 5.65 Å². The summed E-state index contributed by atoms with van der Waals surface area (Å²) in [6.07, 6.45) is 4.61. The molecule has 1 N–H and O–H groups in total. The van der Waals surface area contributed by atoms with Crippen LogP contribution in [0.4, 0.5) is 0 Å². The molecule has 0 bridgehead atoms. The van der Waals surface area contributed by atoms with Gasteiger partial charge in [-0.1, -0.05) is 0 Å². The Morgan fingerprint density at radius 3 is 3.12 bits per heavy atom. The van der Waals surface area contributed by atoms with Gasteiger partial charge >= 0.3 is 0 Å². The highest BCUT2D eigenvalue weighted by Crippen LogP contribution is 2.27. The van der Waals surface area contributed by atoms with E-state index >= 15 is 0 Å². The molecule has 3 rings (SSSR count). The van der Waals surface area contributed by atoms with Crippen molar-refractivity contribution in [1.29, 1.82) is 0 Å². The smallest absolute Gasteiger partial charge is 0.160 e. The standard InChI is InChI=1S/C13H18N4/c1-2-17-12(9-14-8-10-5-6-10)16-11-4-3-7-15-13(11)17/h3-4,7,10,14H,2,5-6,8-9H2,1H3. The molecule has 2 aromatic rings. The Morgan fingerprint density at radius 2 is 2.35 bits per heavy atom. The van der Waals surface area contributed by atoms with E-state index in [9.17, 15) is 0 Å². The van der Waals surface area contributed by atoms with Crippen molar-refractivity contribution in [3.05, 3.63) is 24.2 Å². The van der Waals surface area contributed by atoms with E-state index in [-0.39, 0.29) is 0 Å².